The molecule has 2 aliphatic rings. The summed E-state index contributed by atoms with van der Waals surface area (Å²) in [5, 5.41) is 2.78. The number of hydrogen-bond donors (Lipinski definition) is 1. The van der Waals surface area contributed by atoms with Crippen molar-refractivity contribution in [1.29, 1.82) is 0 Å². The van der Waals surface area contributed by atoms with Crippen LogP contribution in [0.2, 0.25) is 0 Å². The Labute approximate surface area is 160 Å². The largest absolute Gasteiger partial charge is 0.340 e. The number of carbonyl (C=O) groups is 2. The van der Waals surface area contributed by atoms with Crippen LogP contribution in [0.25, 0.3) is 0 Å². The van der Waals surface area contributed by atoms with Gasteiger partial charge in [-0.3, -0.25) is 14.5 Å². The maximum Gasteiger partial charge on any atom is 0.238 e. The van der Waals surface area contributed by atoms with Gasteiger partial charge in [0.2, 0.25) is 11.8 Å². The van der Waals surface area contributed by atoms with Gasteiger partial charge in [-0.05, 0) is 36.6 Å². The first-order valence-electron chi connectivity index (χ1n) is 10.2. The average molecular weight is 375 g/mol. The third kappa shape index (κ3) is 6.31. The van der Waals surface area contributed by atoms with Crippen LogP contribution in [0, 0.1) is 11.7 Å². The van der Waals surface area contributed by atoms with Crippen molar-refractivity contribution >= 4 is 17.5 Å². The second-order valence-electron chi connectivity index (χ2n) is 7.75. The van der Waals surface area contributed by atoms with Crippen molar-refractivity contribution in [3.05, 3.63) is 30.1 Å². The number of nitrogens with zero attached hydrogens (tertiary/aromatic N) is 2. The quantitative estimate of drug-likeness (QED) is 0.830. The number of rotatable bonds is 6. The smallest absolute Gasteiger partial charge is 0.238 e. The summed E-state index contributed by atoms with van der Waals surface area (Å²) >= 11 is 0. The summed E-state index contributed by atoms with van der Waals surface area (Å²) in [5.74, 6) is 0.561. The van der Waals surface area contributed by atoms with E-state index in [9.17, 15) is 14.0 Å². The van der Waals surface area contributed by atoms with E-state index in [0.717, 1.165) is 12.3 Å². The van der Waals surface area contributed by atoms with Crippen molar-refractivity contribution in [2.75, 3.05) is 38.0 Å². The predicted octanol–water partition coefficient (Wildman–Crippen LogP) is 3.27. The monoisotopic (exact) mass is 375 g/mol. The van der Waals surface area contributed by atoms with Gasteiger partial charge in [-0.25, -0.2) is 4.39 Å². The van der Waals surface area contributed by atoms with Crippen LogP contribution in [0.3, 0.4) is 0 Å². The lowest BCUT2D eigenvalue weighted by Crippen LogP contribution is -2.50. The molecule has 6 heteroatoms. The first-order chi connectivity index (χ1) is 13.1. The Hall–Kier alpha value is -1.95. The lowest BCUT2D eigenvalue weighted by atomic mass is 9.86. The number of piperazine rings is 1. The van der Waals surface area contributed by atoms with Crippen LogP contribution in [0.15, 0.2) is 24.3 Å². The molecule has 1 aliphatic carbocycles. The highest BCUT2D eigenvalue weighted by Crippen LogP contribution is 2.27. The van der Waals surface area contributed by atoms with Gasteiger partial charge in [0.1, 0.15) is 5.82 Å². The molecule has 0 aromatic heterocycles. The molecule has 148 valence electrons. The molecule has 1 saturated carbocycles. The number of carbonyl (C=O) groups excluding carboxylic acids is 2. The molecule has 1 aromatic rings. The molecule has 1 heterocycles. The van der Waals surface area contributed by atoms with Crippen molar-refractivity contribution in [3.8, 4) is 0 Å². The zero-order chi connectivity index (χ0) is 19.1. The van der Waals surface area contributed by atoms with Crippen molar-refractivity contribution in [2.24, 2.45) is 5.92 Å². The van der Waals surface area contributed by atoms with Gasteiger partial charge in [0.15, 0.2) is 0 Å². The molecule has 0 bridgehead atoms. The highest BCUT2D eigenvalue weighted by molar-refractivity contribution is 5.92. The van der Waals surface area contributed by atoms with E-state index in [4.69, 9.17) is 0 Å². The van der Waals surface area contributed by atoms with Crippen molar-refractivity contribution in [2.45, 2.75) is 44.9 Å². The van der Waals surface area contributed by atoms with Crippen LogP contribution in [0.4, 0.5) is 10.1 Å². The van der Waals surface area contributed by atoms with Gasteiger partial charge >= 0.3 is 0 Å². The highest BCUT2D eigenvalue weighted by Gasteiger charge is 2.23. The molecule has 0 spiro atoms. The van der Waals surface area contributed by atoms with Crippen LogP contribution in [0.1, 0.15) is 44.9 Å². The fraction of sp³-hybridized carbons (Fsp3) is 0.619. The number of hydrogen-bond acceptors (Lipinski definition) is 3. The maximum atomic E-state index is 12.9. The summed E-state index contributed by atoms with van der Waals surface area (Å²) < 4.78 is 12.9. The summed E-state index contributed by atoms with van der Waals surface area (Å²) in [6.45, 7) is 3.10. The van der Waals surface area contributed by atoms with E-state index in [2.05, 4.69) is 10.2 Å². The van der Waals surface area contributed by atoms with Crippen LogP contribution < -0.4 is 5.32 Å². The summed E-state index contributed by atoms with van der Waals surface area (Å²) in [5.41, 5.74) is 0.595. The second kappa shape index (κ2) is 9.83. The summed E-state index contributed by atoms with van der Waals surface area (Å²) in [7, 11) is 0. The molecule has 1 aromatic carbocycles. The molecule has 5 nitrogen and oxygen atoms in total. The number of anilines is 1. The summed E-state index contributed by atoms with van der Waals surface area (Å²) in [6, 6.07) is 5.76. The van der Waals surface area contributed by atoms with Gasteiger partial charge in [0, 0.05) is 38.3 Å². The van der Waals surface area contributed by atoms with Crippen molar-refractivity contribution < 1.29 is 14.0 Å². The Bertz CT molecular complexity index is 621. The van der Waals surface area contributed by atoms with E-state index in [1.54, 1.807) is 12.1 Å². The maximum absolute atomic E-state index is 12.9. The van der Waals surface area contributed by atoms with Crippen molar-refractivity contribution in [1.82, 2.24) is 9.80 Å². The molecule has 1 saturated heterocycles. The van der Waals surface area contributed by atoms with Crippen LogP contribution in [-0.4, -0.2) is 54.3 Å². The van der Waals surface area contributed by atoms with Crippen LogP contribution in [-0.2, 0) is 9.59 Å². The fourth-order valence-corrected chi connectivity index (χ4v) is 4.05. The second-order valence-corrected chi connectivity index (χ2v) is 7.75. The third-order valence-electron chi connectivity index (χ3n) is 5.71. The van der Waals surface area contributed by atoms with Gasteiger partial charge in [0.05, 0.1) is 6.54 Å². The number of benzene rings is 1. The molecule has 1 aliphatic heterocycles. The van der Waals surface area contributed by atoms with Crippen molar-refractivity contribution in [3.63, 3.8) is 0 Å². The minimum absolute atomic E-state index is 0.112. The number of halogens is 1. The minimum atomic E-state index is -0.322. The Morgan fingerprint density at radius 1 is 1.00 bits per heavy atom. The standard InChI is InChI=1S/C21H30FN3O2/c22-18-7-9-19(10-8-18)23-20(26)16-24-12-14-25(15-13-24)21(27)11-6-17-4-2-1-3-5-17/h7-10,17H,1-6,11-16H2,(H,23,26). The van der Waals surface area contributed by atoms with Gasteiger partial charge < -0.3 is 10.2 Å². The van der Waals surface area contributed by atoms with Crippen LogP contribution >= 0.6 is 0 Å². The number of nitrogens with one attached hydrogen (secondary N) is 1. The van der Waals surface area contributed by atoms with E-state index >= 15 is 0 Å². The molecule has 27 heavy (non-hydrogen) atoms. The molecule has 0 atom stereocenters. The van der Waals surface area contributed by atoms with E-state index in [1.807, 2.05) is 4.90 Å². The molecule has 0 unspecified atom stereocenters. The average Bonchev–Trinajstić information content (AvgIpc) is 2.69. The van der Waals surface area contributed by atoms with E-state index in [1.165, 1.54) is 44.2 Å². The fourth-order valence-electron chi connectivity index (χ4n) is 4.05. The van der Waals surface area contributed by atoms with E-state index in [-0.39, 0.29) is 17.6 Å². The first kappa shape index (κ1) is 19.8. The summed E-state index contributed by atoms with van der Waals surface area (Å²) in [4.78, 5) is 28.6. The lowest BCUT2D eigenvalue weighted by Gasteiger charge is -2.34. The number of amides is 2. The van der Waals surface area contributed by atoms with E-state index < -0.39 is 0 Å². The molecular weight excluding hydrogens is 345 g/mol. The molecule has 1 N–H and O–H groups in total. The highest BCUT2D eigenvalue weighted by atomic mass is 19.1. The Morgan fingerprint density at radius 2 is 1.67 bits per heavy atom. The zero-order valence-corrected chi connectivity index (χ0v) is 16.0. The van der Waals surface area contributed by atoms with Gasteiger partial charge in [-0.1, -0.05) is 32.1 Å². The Morgan fingerprint density at radius 3 is 2.33 bits per heavy atom. The molecule has 2 fully saturated rings. The SMILES string of the molecule is O=C(CN1CCN(C(=O)CCC2CCCCC2)CC1)Nc1ccc(F)cc1. The van der Waals surface area contributed by atoms with Crippen LogP contribution in [0.5, 0.6) is 0 Å². The van der Waals surface area contributed by atoms with Gasteiger partial charge in [-0.15, -0.1) is 0 Å². The lowest BCUT2D eigenvalue weighted by molar-refractivity contribution is -0.133. The molecular formula is C21H30FN3O2. The predicted molar refractivity (Wildman–Crippen MR) is 104 cm³/mol. The summed E-state index contributed by atoms with van der Waals surface area (Å²) in [6.07, 6.45) is 8.24. The minimum Gasteiger partial charge on any atom is -0.340 e. The van der Waals surface area contributed by atoms with Gasteiger partial charge in [0.25, 0.3) is 0 Å². The zero-order valence-electron chi connectivity index (χ0n) is 16.0. The first-order valence-corrected chi connectivity index (χ1v) is 10.2. The van der Waals surface area contributed by atoms with E-state index in [0.29, 0.717) is 44.8 Å². The normalized spacial score (nSPS) is 19.1. The molecule has 3 rings (SSSR count). The topological polar surface area (TPSA) is 52.7 Å². The third-order valence-corrected chi connectivity index (χ3v) is 5.71. The van der Waals surface area contributed by atoms with Gasteiger partial charge in [-0.2, -0.15) is 0 Å². The Kier molecular flexibility index (Phi) is 7.21. The Balaban J connectivity index is 1.34. The molecule has 2 amide bonds. The molecule has 0 radical (unpaired) electrons.